The lowest BCUT2D eigenvalue weighted by Gasteiger charge is -2.30. The molecule has 0 amide bonds. The van der Waals surface area contributed by atoms with Crippen molar-refractivity contribution in [2.75, 3.05) is 25.1 Å². The van der Waals surface area contributed by atoms with E-state index >= 15 is 0 Å². The number of anilines is 1. The molecule has 0 unspecified atom stereocenters. The highest BCUT2D eigenvalue weighted by molar-refractivity contribution is 7.13. The number of nitrogens with zero attached hydrogens (tertiary/aromatic N) is 2. The molecule has 5 heteroatoms. The van der Waals surface area contributed by atoms with E-state index < -0.39 is 0 Å². The van der Waals surface area contributed by atoms with Crippen molar-refractivity contribution >= 4 is 16.5 Å². The molecule has 0 atom stereocenters. The molecular formula is C10H17N3OS. The van der Waals surface area contributed by atoms with E-state index in [1.54, 1.807) is 18.4 Å². The van der Waals surface area contributed by atoms with Crippen molar-refractivity contribution in [3.63, 3.8) is 0 Å². The number of methoxy groups -OCH3 is 1. The lowest BCUT2D eigenvalue weighted by atomic mass is 10.1. The van der Waals surface area contributed by atoms with Crippen molar-refractivity contribution in [2.24, 2.45) is 5.73 Å². The van der Waals surface area contributed by atoms with Gasteiger partial charge < -0.3 is 15.4 Å². The zero-order chi connectivity index (χ0) is 10.7. The van der Waals surface area contributed by atoms with E-state index in [1.165, 1.54) is 0 Å². The summed E-state index contributed by atoms with van der Waals surface area (Å²) in [4.78, 5) is 6.80. The molecule has 0 radical (unpaired) electrons. The highest BCUT2D eigenvalue weighted by atomic mass is 32.1. The minimum atomic E-state index is 0.426. The zero-order valence-electron chi connectivity index (χ0n) is 8.98. The molecule has 0 aromatic carbocycles. The standard InChI is InChI=1S/C10H17N3OS/c1-14-9-2-4-13(5-3-9)10-12-8(6-11)7-15-10/h7,9H,2-6,11H2,1H3. The number of hydrogen-bond acceptors (Lipinski definition) is 5. The van der Waals surface area contributed by atoms with Crippen LogP contribution in [0.25, 0.3) is 0 Å². The van der Waals surface area contributed by atoms with Crippen LogP contribution in [0, 0.1) is 0 Å². The van der Waals surface area contributed by atoms with E-state index in [-0.39, 0.29) is 0 Å². The molecule has 1 aromatic heterocycles. The summed E-state index contributed by atoms with van der Waals surface area (Å²) in [7, 11) is 1.79. The molecule has 4 nitrogen and oxygen atoms in total. The Hall–Kier alpha value is -0.650. The predicted molar refractivity (Wildman–Crippen MR) is 62.2 cm³/mol. The van der Waals surface area contributed by atoms with Gasteiger partial charge in [0.25, 0.3) is 0 Å². The summed E-state index contributed by atoms with van der Waals surface area (Å²) in [5, 5.41) is 3.14. The molecule has 1 aliphatic heterocycles. The first-order valence-corrected chi connectivity index (χ1v) is 6.13. The Morgan fingerprint density at radius 1 is 1.60 bits per heavy atom. The van der Waals surface area contributed by atoms with Crippen LogP contribution < -0.4 is 10.6 Å². The summed E-state index contributed by atoms with van der Waals surface area (Å²) in [6, 6.07) is 0. The molecule has 2 rings (SSSR count). The first-order chi connectivity index (χ1) is 7.33. The average Bonchev–Trinajstić information content (AvgIpc) is 2.78. The SMILES string of the molecule is COC1CCN(c2nc(CN)cs2)CC1. The largest absolute Gasteiger partial charge is 0.381 e. The van der Waals surface area contributed by atoms with E-state index in [0.717, 1.165) is 36.8 Å². The lowest BCUT2D eigenvalue weighted by Crippen LogP contribution is -2.36. The van der Waals surface area contributed by atoms with Crippen molar-refractivity contribution in [3.8, 4) is 0 Å². The van der Waals surface area contributed by atoms with Gasteiger partial charge in [-0.2, -0.15) is 0 Å². The zero-order valence-corrected chi connectivity index (χ0v) is 9.80. The van der Waals surface area contributed by atoms with Crippen molar-refractivity contribution in [3.05, 3.63) is 11.1 Å². The van der Waals surface area contributed by atoms with Gasteiger partial charge in [-0.1, -0.05) is 0 Å². The van der Waals surface area contributed by atoms with Gasteiger partial charge in [0.05, 0.1) is 11.8 Å². The Kier molecular flexibility index (Phi) is 3.56. The Morgan fingerprint density at radius 2 is 2.33 bits per heavy atom. The summed E-state index contributed by atoms with van der Waals surface area (Å²) in [5.41, 5.74) is 6.53. The average molecular weight is 227 g/mol. The van der Waals surface area contributed by atoms with Crippen LogP contribution in [0.1, 0.15) is 18.5 Å². The highest BCUT2D eigenvalue weighted by Gasteiger charge is 2.20. The summed E-state index contributed by atoms with van der Waals surface area (Å²) in [5.74, 6) is 0. The molecule has 0 saturated carbocycles. The molecule has 2 N–H and O–H groups in total. The second-order valence-corrected chi connectivity index (χ2v) is 4.58. The summed E-state index contributed by atoms with van der Waals surface area (Å²) in [6.07, 6.45) is 2.61. The normalized spacial score (nSPS) is 18.4. The molecule has 0 spiro atoms. The Bertz CT molecular complexity index is 307. The third kappa shape index (κ3) is 2.48. The van der Waals surface area contributed by atoms with E-state index in [9.17, 15) is 0 Å². The van der Waals surface area contributed by atoms with Gasteiger partial charge in [-0.15, -0.1) is 11.3 Å². The van der Waals surface area contributed by atoms with Crippen LogP contribution in [-0.4, -0.2) is 31.3 Å². The summed E-state index contributed by atoms with van der Waals surface area (Å²) < 4.78 is 5.34. The molecule has 0 aliphatic carbocycles. The van der Waals surface area contributed by atoms with Crippen LogP contribution in [0.2, 0.25) is 0 Å². The van der Waals surface area contributed by atoms with Crippen molar-refractivity contribution < 1.29 is 4.74 Å². The topological polar surface area (TPSA) is 51.4 Å². The maximum absolute atomic E-state index is 5.54. The molecule has 1 saturated heterocycles. The van der Waals surface area contributed by atoms with Gasteiger partial charge in [-0.05, 0) is 12.8 Å². The third-order valence-corrected chi connectivity index (χ3v) is 3.74. The van der Waals surface area contributed by atoms with Gasteiger partial charge in [0.1, 0.15) is 0 Å². The van der Waals surface area contributed by atoms with Crippen molar-refractivity contribution in [2.45, 2.75) is 25.5 Å². The second kappa shape index (κ2) is 4.92. The van der Waals surface area contributed by atoms with Crippen LogP contribution in [0.3, 0.4) is 0 Å². The number of nitrogens with two attached hydrogens (primary N) is 1. The fourth-order valence-electron chi connectivity index (χ4n) is 1.82. The Morgan fingerprint density at radius 3 is 2.87 bits per heavy atom. The Balaban J connectivity index is 1.95. The van der Waals surface area contributed by atoms with Crippen LogP contribution in [0.15, 0.2) is 5.38 Å². The van der Waals surface area contributed by atoms with E-state index in [2.05, 4.69) is 9.88 Å². The molecule has 15 heavy (non-hydrogen) atoms. The third-order valence-electron chi connectivity index (χ3n) is 2.79. The molecule has 1 aromatic rings. The minimum Gasteiger partial charge on any atom is -0.381 e. The highest BCUT2D eigenvalue weighted by Crippen LogP contribution is 2.24. The van der Waals surface area contributed by atoms with Gasteiger partial charge in [0.15, 0.2) is 5.13 Å². The number of thiazole rings is 1. The first-order valence-electron chi connectivity index (χ1n) is 5.25. The quantitative estimate of drug-likeness (QED) is 0.843. The number of ether oxygens (including phenoxy) is 1. The molecule has 2 heterocycles. The summed E-state index contributed by atoms with van der Waals surface area (Å²) in [6.45, 7) is 2.61. The smallest absolute Gasteiger partial charge is 0.185 e. The van der Waals surface area contributed by atoms with Gasteiger partial charge in [0, 0.05) is 32.1 Å². The maximum Gasteiger partial charge on any atom is 0.185 e. The molecule has 0 bridgehead atoms. The van der Waals surface area contributed by atoms with E-state index in [4.69, 9.17) is 10.5 Å². The van der Waals surface area contributed by atoms with E-state index in [0.29, 0.717) is 12.6 Å². The predicted octanol–water partition coefficient (Wildman–Crippen LogP) is 1.22. The molecular weight excluding hydrogens is 210 g/mol. The molecule has 84 valence electrons. The lowest BCUT2D eigenvalue weighted by molar-refractivity contribution is 0.0819. The van der Waals surface area contributed by atoms with Gasteiger partial charge in [-0.3, -0.25) is 0 Å². The van der Waals surface area contributed by atoms with Crippen LogP contribution >= 0.6 is 11.3 Å². The van der Waals surface area contributed by atoms with E-state index in [1.807, 2.05) is 5.38 Å². The number of piperidine rings is 1. The first kappa shape index (κ1) is 10.9. The number of hydrogen-bond donors (Lipinski definition) is 1. The molecule has 1 aliphatic rings. The van der Waals surface area contributed by atoms with Gasteiger partial charge in [0.2, 0.25) is 0 Å². The molecule has 1 fully saturated rings. The van der Waals surface area contributed by atoms with Gasteiger partial charge in [-0.25, -0.2) is 4.98 Å². The maximum atomic E-state index is 5.54. The van der Waals surface area contributed by atoms with Crippen LogP contribution in [0.4, 0.5) is 5.13 Å². The van der Waals surface area contributed by atoms with Crippen molar-refractivity contribution in [1.82, 2.24) is 4.98 Å². The number of rotatable bonds is 3. The van der Waals surface area contributed by atoms with Gasteiger partial charge >= 0.3 is 0 Å². The fraction of sp³-hybridized carbons (Fsp3) is 0.700. The Labute approximate surface area is 94.1 Å². The fourth-order valence-corrected chi connectivity index (χ4v) is 2.71. The summed E-state index contributed by atoms with van der Waals surface area (Å²) >= 11 is 1.68. The van der Waals surface area contributed by atoms with Crippen LogP contribution in [-0.2, 0) is 11.3 Å². The second-order valence-electron chi connectivity index (χ2n) is 3.75. The van der Waals surface area contributed by atoms with Crippen molar-refractivity contribution in [1.29, 1.82) is 0 Å². The number of aromatic nitrogens is 1. The minimum absolute atomic E-state index is 0.426. The monoisotopic (exact) mass is 227 g/mol. The van der Waals surface area contributed by atoms with Crippen LogP contribution in [0.5, 0.6) is 0 Å².